The third kappa shape index (κ3) is 2.39. The average molecular weight is 278 g/mol. The van der Waals surface area contributed by atoms with E-state index >= 15 is 0 Å². The Kier molecular flexibility index (Phi) is 3.08. The topological polar surface area (TPSA) is 63.1 Å². The zero-order valence-electron chi connectivity index (χ0n) is 10.0. The molecule has 1 aliphatic rings. The highest BCUT2D eigenvalue weighted by Crippen LogP contribution is 2.23. The van der Waals surface area contributed by atoms with Crippen molar-refractivity contribution in [2.75, 3.05) is 18.4 Å². The average Bonchev–Trinajstić information content (AvgIpc) is 2.84. The molecule has 19 heavy (non-hydrogen) atoms. The lowest BCUT2D eigenvalue weighted by atomic mass is 10.1. The molecule has 0 saturated carbocycles. The number of hydrogen-bond donors (Lipinski definition) is 1. The third-order valence-corrected chi connectivity index (χ3v) is 3.40. The van der Waals surface area contributed by atoms with Gasteiger partial charge >= 0.3 is 6.03 Å². The first-order chi connectivity index (χ1) is 9.24. The Labute approximate surface area is 115 Å². The summed E-state index contributed by atoms with van der Waals surface area (Å²) in [6.45, 7) is 1.33. The number of nitrogens with zero attached hydrogens (tertiary/aromatic N) is 4. The van der Waals surface area contributed by atoms with Crippen LogP contribution in [0, 0.1) is 0 Å². The first kappa shape index (κ1) is 12.0. The van der Waals surface area contributed by atoms with Crippen molar-refractivity contribution in [3.8, 4) is 0 Å². The Morgan fingerprint density at radius 3 is 2.95 bits per heavy atom. The summed E-state index contributed by atoms with van der Waals surface area (Å²) >= 11 is 5.89. The number of likely N-dealkylation sites (tertiary alicyclic amines) is 1. The molecule has 6 nitrogen and oxygen atoms in total. The van der Waals surface area contributed by atoms with E-state index in [0.29, 0.717) is 30.0 Å². The minimum absolute atomic E-state index is 0.161. The predicted octanol–water partition coefficient (Wildman–Crippen LogP) is 2.02. The molecular formula is C12H12ClN5O. The van der Waals surface area contributed by atoms with E-state index in [9.17, 15) is 4.79 Å². The fourth-order valence-electron chi connectivity index (χ4n) is 1.97. The fourth-order valence-corrected chi connectivity index (χ4v) is 2.14. The first-order valence-electron chi connectivity index (χ1n) is 5.88. The number of rotatable bonds is 2. The highest BCUT2D eigenvalue weighted by molar-refractivity contribution is 6.32. The SMILES string of the molecule is O=C(Nc1cccnc1Cl)N1CC(n2ccnc2)C1. The second kappa shape index (κ2) is 4.89. The molecule has 2 aromatic rings. The van der Waals surface area contributed by atoms with Crippen LogP contribution in [-0.2, 0) is 0 Å². The van der Waals surface area contributed by atoms with Crippen LogP contribution in [-0.4, -0.2) is 38.6 Å². The summed E-state index contributed by atoms with van der Waals surface area (Å²) in [6.07, 6.45) is 6.98. The van der Waals surface area contributed by atoms with Crippen LogP contribution in [0.2, 0.25) is 5.15 Å². The van der Waals surface area contributed by atoms with Gasteiger partial charge in [-0.25, -0.2) is 14.8 Å². The lowest BCUT2D eigenvalue weighted by molar-refractivity contribution is 0.135. The van der Waals surface area contributed by atoms with E-state index in [1.807, 2.05) is 10.8 Å². The van der Waals surface area contributed by atoms with Crippen molar-refractivity contribution in [1.82, 2.24) is 19.4 Å². The summed E-state index contributed by atoms with van der Waals surface area (Å²) in [4.78, 5) is 21.6. The Morgan fingerprint density at radius 2 is 2.26 bits per heavy atom. The molecule has 0 spiro atoms. The van der Waals surface area contributed by atoms with Gasteiger partial charge in [0, 0.05) is 31.7 Å². The number of pyridine rings is 1. The van der Waals surface area contributed by atoms with Crippen molar-refractivity contribution in [2.45, 2.75) is 6.04 Å². The first-order valence-corrected chi connectivity index (χ1v) is 6.26. The van der Waals surface area contributed by atoms with Crippen LogP contribution in [0.15, 0.2) is 37.1 Å². The Bertz CT molecular complexity index is 580. The molecule has 0 aliphatic carbocycles. The van der Waals surface area contributed by atoms with E-state index in [1.54, 1.807) is 35.8 Å². The van der Waals surface area contributed by atoms with E-state index in [-0.39, 0.29) is 6.03 Å². The molecule has 1 N–H and O–H groups in total. The summed E-state index contributed by atoms with van der Waals surface area (Å²) in [6, 6.07) is 3.59. The van der Waals surface area contributed by atoms with Gasteiger partial charge < -0.3 is 14.8 Å². The van der Waals surface area contributed by atoms with Crippen molar-refractivity contribution in [3.63, 3.8) is 0 Å². The van der Waals surface area contributed by atoms with Crippen LogP contribution < -0.4 is 5.32 Å². The summed E-state index contributed by atoms with van der Waals surface area (Å²) in [5, 5.41) is 3.04. The number of anilines is 1. The van der Waals surface area contributed by atoms with Crippen molar-refractivity contribution >= 4 is 23.3 Å². The lowest BCUT2D eigenvalue weighted by Gasteiger charge is -2.39. The standard InChI is InChI=1S/C12H12ClN5O/c13-11-10(2-1-3-15-11)16-12(19)18-6-9(7-18)17-5-4-14-8-17/h1-5,8-9H,6-7H2,(H,16,19). The number of nitrogens with one attached hydrogen (secondary N) is 1. The van der Waals surface area contributed by atoms with Crippen molar-refractivity contribution in [1.29, 1.82) is 0 Å². The van der Waals surface area contributed by atoms with Crippen molar-refractivity contribution < 1.29 is 4.79 Å². The van der Waals surface area contributed by atoms with Crippen LogP contribution in [0.1, 0.15) is 6.04 Å². The van der Waals surface area contributed by atoms with E-state index in [0.717, 1.165) is 0 Å². The summed E-state index contributed by atoms with van der Waals surface area (Å²) in [5.41, 5.74) is 0.528. The number of carbonyl (C=O) groups excluding carboxylic acids is 1. The van der Waals surface area contributed by atoms with Gasteiger partial charge in [-0.15, -0.1) is 0 Å². The molecule has 3 rings (SSSR count). The van der Waals surface area contributed by atoms with Crippen LogP contribution in [0.25, 0.3) is 0 Å². The number of aromatic nitrogens is 3. The van der Waals surface area contributed by atoms with E-state index in [4.69, 9.17) is 11.6 Å². The van der Waals surface area contributed by atoms with Crippen LogP contribution in [0.4, 0.5) is 10.5 Å². The lowest BCUT2D eigenvalue weighted by Crippen LogP contribution is -2.52. The molecule has 7 heteroatoms. The van der Waals surface area contributed by atoms with Gasteiger partial charge in [0.05, 0.1) is 18.1 Å². The normalized spacial score (nSPS) is 15.1. The Hall–Kier alpha value is -2.08. The smallest absolute Gasteiger partial charge is 0.322 e. The molecule has 0 radical (unpaired) electrons. The monoisotopic (exact) mass is 277 g/mol. The summed E-state index contributed by atoms with van der Waals surface area (Å²) in [5.74, 6) is 0. The molecule has 2 aromatic heterocycles. The van der Waals surface area contributed by atoms with Crippen molar-refractivity contribution in [3.05, 3.63) is 42.2 Å². The Morgan fingerprint density at radius 1 is 1.42 bits per heavy atom. The molecule has 0 bridgehead atoms. The van der Waals surface area contributed by atoms with E-state index in [2.05, 4.69) is 15.3 Å². The number of hydrogen-bond acceptors (Lipinski definition) is 3. The molecule has 0 unspecified atom stereocenters. The predicted molar refractivity (Wildman–Crippen MR) is 71.1 cm³/mol. The molecule has 0 atom stereocenters. The number of carbonyl (C=O) groups is 1. The third-order valence-electron chi connectivity index (χ3n) is 3.10. The van der Waals surface area contributed by atoms with Crippen LogP contribution in [0.5, 0.6) is 0 Å². The second-order valence-corrected chi connectivity index (χ2v) is 4.70. The van der Waals surface area contributed by atoms with Gasteiger partial charge in [-0.1, -0.05) is 11.6 Å². The maximum Gasteiger partial charge on any atom is 0.322 e. The molecule has 0 aromatic carbocycles. The number of imidazole rings is 1. The van der Waals surface area contributed by atoms with Gasteiger partial charge in [-0.2, -0.15) is 0 Å². The minimum Gasteiger partial charge on any atom is -0.331 e. The highest BCUT2D eigenvalue weighted by atomic mass is 35.5. The van der Waals surface area contributed by atoms with Crippen LogP contribution in [0.3, 0.4) is 0 Å². The van der Waals surface area contributed by atoms with Crippen LogP contribution >= 0.6 is 11.6 Å². The molecule has 2 amide bonds. The highest BCUT2D eigenvalue weighted by Gasteiger charge is 2.31. The molecular weight excluding hydrogens is 266 g/mol. The molecule has 1 fully saturated rings. The van der Waals surface area contributed by atoms with Gasteiger partial charge in [0.2, 0.25) is 0 Å². The maximum absolute atomic E-state index is 12.0. The zero-order valence-corrected chi connectivity index (χ0v) is 10.8. The summed E-state index contributed by atoms with van der Waals surface area (Å²) in [7, 11) is 0. The molecule has 3 heterocycles. The molecule has 98 valence electrons. The summed E-state index contributed by atoms with van der Waals surface area (Å²) < 4.78 is 2.00. The maximum atomic E-state index is 12.0. The van der Waals surface area contributed by atoms with Gasteiger partial charge in [0.25, 0.3) is 0 Å². The van der Waals surface area contributed by atoms with E-state index < -0.39 is 0 Å². The number of urea groups is 1. The largest absolute Gasteiger partial charge is 0.331 e. The molecule has 1 saturated heterocycles. The van der Waals surface area contributed by atoms with Gasteiger partial charge in [0.15, 0.2) is 5.15 Å². The number of halogens is 1. The van der Waals surface area contributed by atoms with Gasteiger partial charge in [-0.05, 0) is 12.1 Å². The second-order valence-electron chi connectivity index (χ2n) is 4.34. The Balaban J connectivity index is 1.57. The van der Waals surface area contributed by atoms with Gasteiger partial charge in [-0.3, -0.25) is 0 Å². The quantitative estimate of drug-likeness (QED) is 0.854. The minimum atomic E-state index is -0.161. The van der Waals surface area contributed by atoms with E-state index in [1.165, 1.54) is 0 Å². The van der Waals surface area contributed by atoms with Crippen molar-refractivity contribution in [2.24, 2.45) is 0 Å². The number of amides is 2. The molecule has 1 aliphatic heterocycles. The fraction of sp³-hybridized carbons (Fsp3) is 0.250. The van der Waals surface area contributed by atoms with Gasteiger partial charge in [0.1, 0.15) is 0 Å². The zero-order chi connectivity index (χ0) is 13.2.